The van der Waals surface area contributed by atoms with Gasteiger partial charge in [0, 0.05) is 25.7 Å². The fourth-order valence-corrected chi connectivity index (χ4v) is 12.5. The third-order valence-electron chi connectivity index (χ3n) is 17.0. The molecule has 0 aliphatic heterocycles. The summed E-state index contributed by atoms with van der Waals surface area (Å²) in [6, 6.07) is 0. The zero-order valence-electron chi connectivity index (χ0n) is 62.5. The van der Waals surface area contributed by atoms with Crippen molar-refractivity contribution in [3.8, 4) is 0 Å². The minimum Gasteiger partial charge on any atom is -0.462 e. The van der Waals surface area contributed by atoms with Crippen molar-refractivity contribution < 1.29 is 80.2 Å². The van der Waals surface area contributed by atoms with E-state index in [4.69, 9.17) is 37.0 Å². The molecule has 0 bridgehead atoms. The van der Waals surface area contributed by atoms with E-state index in [1.807, 2.05) is 0 Å². The summed E-state index contributed by atoms with van der Waals surface area (Å²) < 4.78 is 68.5. The van der Waals surface area contributed by atoms with E-state index in [-0.39, 0.29) is 25.7 Å². The maximum atomic E-state index is 13.1. The van der Waals surface area contributed by atoms with Gasteiger partial charge < -0.3 is 33.8 Å². The summed E-state index contributed by atoms with van der Waals surface area (Å²) >= 11 is 0. The van der Waals surface area contributed by atoms with Crippen LogP contribution in [0.2, 0.25) is 0 Å². The maximum absolute atomic E-state index is 13.1. The highest BCUT2D eigenvalue weighted by atomic mass is 31.2. The molecule has 0 aromatic heterocycles. The van der Waals surface area contributed by atoms with Crippen LogP contribution in [0.5, 0.6) is 0 Å². The summed E-state index contributed by atoms with van der Waals surface area (Å²) in [7, 11) is -9.94. The molecule has 0 saturated carbocycles. The number of phosphoric acid groups is 2. The molecule has 0 aromatic rings. The number of carbonyl (C=O) groups excluding carboxylic acids is 4. The molecule has 0 rings (SSSR count). The number of ether oxygens (including phenoxy) is 4. The molecular formula is C79H144O17P2. The van der Waals surface area contributed by atoms with Gasteiger partial charge in [0.25, 0.3) is 0 Å². The van der Waals surface area contributed by atoms with Crippen LogP contribution in [0, 0.1) is 0 Å². The van der Waals surface area contributed by atoms with Gasteiger partial charge in [-0.1, -0.05) is 294 Å². The van der Waals surface area contributed by atoms with Crippen LogP contribution >= 0.6 is 15.6 Å². The predicted molar refractivity (Wildman–Crippen MR) is 400 cm³/mol. The van der Waals surface area contributed by atoms with Gasteiger partial charge in [0.1, 0.15) is 19.3 Å². The number of hydrogen-bond donors (Lipinski definition) is 3. The van der Waals surface area contributed by atoms with Crippen LogP contribution in [0.15, 0.2) is 60.8 Å². The third kappa shape index (κ3) is 71.2. The Hall–Kier alpha value is -3.24. The van der Waals surface area contributed by atoms with Crippen molar-refractivity contribution in [2.75, 3.05) is 39.6 Å². The van der Waals surface area contributed by atoms with Crippen molar-refractivity contribution in [2.24, 2.45) is 0 Å². The molecule has 0 spiro atoms. The summed E-state index contributed by atoms with van der Waals surface area (Å²) in [6.45, 7) is 4.76. The Morgan fingerprint density at radius 2 is 0.541 bits per heavy atom. The SMILES string of the molecule is CC/C=C\C/C=C\C/C=C\CCCCCCCCCC(=O)OCC(COP(=O)(O)OCC(O)COP(=O)(O)OCC(COC(=O)CCCCCCC/C=C\CCCCCCCC)OC(=O)CCCCCCCCCCCCCCCCC)OC(=O)CCCCCCC/C=C\CCCC. The van der Waals surface area contributed by atoms with E-state index in [2.05, 4.69) is 88.5 Å². The Bertz CT molecular complexity index is 2100. The number of allylic oxidation sites excluding steroid dienone is 10. The van der Waals surface area contributed by atoms with E-state index in [9.17, 15) is 43.2 Å². The van der Waals surface area contributed by atoms with Gasteiger partial charge in [-0.05, 0) is 103 Å². The third-order valence-corrected chi connectivity index (χ3v) is 18.9. The topological polar surface area (TPSA) is 237 Å². The Morgan fingerprint density at radius 1 is 0.296 bits per heavy atom. The molecule has 0 fully saturated rings. The van der Waals surface area contributed by atoms with Crippen molar-refractivity contribution in [1.82, 2.24) is 0 Å². The molecule has 0 radical (unpaired) electrons. The second kappa shape index (κ2) is 72.1. The van der Waals surface area contributed by atoms with Gasteiger partial charge >= 0.3 is 39.5 Å². The first kappa shape index (κ1) is 94.8. The zero-order valence-corrected chi connectivity index (χ0v) is 64.3. The molecular weight excluding hydrogens is 1280 g/mol. The van der Waals surface area contributed by atoms with Crippen LogP contribution in [-0.2, 0) is 65.4 Å². The second-order valence-corrected chi connectivity index (χ2v) is 29.5. The van der Waals surface area contributed by atoms with Gasteiger partial charge in [-0.3, -0.25) is 37.3 Å². The Morgan fingerprint density at radius 3 is 0.857 bits per heavy atom. The largest absolute Gasteiger partial charge is 0.472 e. The number of aliphatic hydroxyl groups excluding tert-OH is 1. The number of hydrogen-bond acceptors (Lipinski definition) is 15. The van der Waals surface area contributed by atoms with Gasteiger partial charge in [-0.15, -0.1) is 0 Å². The van der Waals surface area contributed by atoms with Gasteiger partial charge in [-0.2, -0.15) is 0 Å². The fourth-order valence-electron chi connectivity index (χ4n) is 10.9. The van der Waals surface area contributed by atoms with Gasteiger partial charge in [-0.25, -0.2) is 9.13 Å². The minimum atomic E-state index is -4.97. The number of aliphatic hydroxyl groups is 1. The fraction of sp³-hybridized carbons (Fsp3) is 0.823. The Balaban J connectivity index is 5.29. The molecule has 17 nitrogen and oxygen atoms in total. The standard InChI is InChI=1S/C79H144O17P2/c1-5-9-13-17-21-25-29-32-35-36-39-41-45-48-52-56-60-64-77(82)89-69-74(95-78(83)65-61-57-53-49-43-28-24-20-16-12-8-4)71-93-97(85,86)91-67-73(80)68-92-98(87,88)94-72-75(96-79(84)66-62-58-54-50-46-42-38-34-31-27-23-19-15-11-7-3)70-90-76(81)63-59-55-51-47-44-40-37-33-30-26-22-18-14-10-6-2/h9,13,20-21,24-25,32-33,35,37,73-75,80H,5-8,10-12,14-19,22-23,26-31,34,36,38-72H2,1-4H3,(H,85,86)(H,87,88)/b13-9-,24-20-,25-21-,35-32-,37-33-. The van der Waals surface area contributed by atoms with Crippen molar-refractivity contribution in [2.45, 2.75) is 380 Å². The van der Waals surface area contributed by atoms with Crippen LogP contribution in [-0.4, -0.2) is 96.7 Å². The Kier molecular flexibility index (Phi) is 69.7. The van der Waals surface area contributed by atoms with Crippen LogP contribution < -0.4 is 0 Å². The molecule has 19 heteroatoms. The van der Waals surface area contributed by atoms with Crippen molar-refractivity contribution in [3.63, 3.8) is 0 Å². The highest BCUT2D eigenvalue weighted by molar-refractivity contribution is 7.47. The molecule has 5 unspecified atom stereocenters. The smallest absolute Gasteiger partial charge is 0.462 e. The van der Waals surface area contributed by atoms with Crippen molar-refractivity contribution in [3.05, 3.63) is 60.8 Å². The molecule has 0 aromatic carbocycles. The zero-order chi connectivity index (χ0) is 71.8. The maximum Gasteiger partial charge on any atom is 0.472 e. The van der Waals surface area contributed by atoms with Crippen LogP contribution in [0.3, 0.4) is 0 Å². The first-order valence-electron chi connectivity index (χ1n) is 39.5. The molecule has 0 saturated heterocycles. The van der Waals surface area contributed by atoms with Crippen molar-refractivity contribution >= 4 is 39.5 Å². The number of esters is 4. The van der Waals surface area contributed by atoms with Crippen molar-refractivity contribution in [1.29, 1.82) is 0 Å². The van der Waals surface area contributed by atoms with Crippen LogP contribution in [0.4, 0.5) is 0 Å². The van der Waals surface area contributed by atoms with Gasteiger partial charge in [0.15, 0.2) is 12.2 Å². The molecule has 3 N–H and O–H groups in total. The van der Waals surface area contributed by atoms with E-state index in [1.165, 1.54) is 116 Å². The lowest BCUT2D eigenvalue weighted by Gasteiger charge is -2.21. The molecule has 0 aliphatic carbocycles. The summed E-state index contributed by atoms with van der Waals surface area (Å²) in [4.78, 5) is 72.9. The normalized spacial score (nSPS) is 14.2. The van der Waals surface area contributed by atoms with E-state index in [0.29, 0.717) is 25.7 Å². The molecule has 572 valence electrons. The lowest BCUT2D eigenvalue weighted by molar-refractivity contribution is -0.161. The lowest BCUT2D eigenvalue weighted by atomic mass is 10.0. The number of phosphoric ester groups is 2. The first-order chi connectivity index (χ1) is 47.7. The molecule has 0 amide bonds. The summed E-state index contributed by atoms with van der Waals surface area (Å²) in [6.07, 6.45) is 70.6. The van der Waals surface area contributed by atoms with E-state index >= 15 is 0 Å². The van der Waals surface area contributed by atoms with E-state index in [0.717, 1.165) is 167 Å². The van der Waals surface area contributed by atoms with Crippen LogP contribution in [0.25, 0.3) is 0 Å². The average Bonchev–Trinajstić information content (AvgIpc) is 0.986. The molecule has 5 atom stereocenters. The van der Waals surface area contributed by atoms with Crippen LogP contribution in [0.1, 0.15) is 362 Å². The highest BCUT2D eigenvalue weighted by Crippen LogP contribution is 2.45. The minimum absolute atomic E-state index is 0.0854. The monoisotopic (exact) mass is 1430 g/mol. The molecule has 98 heavy (non-hydrogen) atoms. The van der Waals surface area contributed by atoms with E-state index < -0.39 is 97.5 Å². The summed E-state index contributed by atoms with van der Waals surface area (Å²) in [5.74, 6) is -2.17. The summed E-state index contributed by atoms with van der Waals surface area (Å²) in [5.41, 5.74) is 0. The second-order valence-electron chi connectivity index (χ2n) is 26.6. The molecule has 0 aliphatic rings. The summed E-state index contributed by atoms with van der Waals surface area (Å²) in [5, 5.41) is 10.6. The first-order valence-corrected chi connectivity index (χ1v) is 42.5. The quantitative estimate of drug-likeness (QED) is 0.0169. The number of unbranched alkanes of at least 4 members (excludes halogenated alkanes) is 39. The van der Waals surface area contributed by atoms with E-state index in [1.54, 1.807) is 0 Å². The van der Waals surface area contributed by atoms with Gasteiger partial charge in [0.2, 0.25) is 0 Å². The Labute approximate surface area is 597 Å². The number of carbonyl (C=O) groups is 4. The lowest BCUT2D eigenvalue weighted by Crippen LogP contribution is -2.30. The highest BCUT2D eigenvalue weighted by Gasteiger charge is 2.30. The average molecular weight is 1430 g/mol. The van der Waals surface area contributed by atoms with Gasteiger partial charge in [0.05, 0.1) is 26.4 Å². The molecule has 0 heterocycles. The number of rotatable bonds is 75. The predicted octanol–water partition coefficient (Wildman–Crippen LogP) is 22.7.